The van der Waals surface area contributed by atoms with Gasteiger partial charge in [-0.25, -0.2) is 8.42 Å². The largest absolute Gasteiger partial charge is 0.393 e. The summed E-state index contributed by atoms with van der Waals surface area (Å²) in [4.78, 5) is 14.1. The van der Waals surface area contributed by atoms with Crippen LogP contribution >= 0.6 is 0 Å². The van der Waals surface area contributed by atoms with Crippen LogP contribution in [-0.2, 0) is 15.6 Å². The average Bonchev–Trinajstić information content (AvgIpc) is 2.40. The van der Waals surface area contributed by atoms with E-state index in [-0.39, 0.29) is 23.7 Å². The summed E-state index contributed by atoms with van der Waals surface area (Å²) in [5, 5.41) is 9.70. The van der Waals surface area contributed by atoms with Gasteiger partial charge in [0.15, 0.2) is 9.84 Å². The molecule has 0 radical (unpaired) electrons. The molecule has 0 saturated carbocycles. The Morgan fingerprint density at radius 3 is 2.48 bits per heavy atom. The lowest BCUT2D eigenvalue weighted by atomic mass is 9.96. The van der Waals surface area contributed by atoms with E-state index in [1.165, 1.54) is 6.26 Å². The number of hydrogen-bond acceptors (Lipinski definition) is 4. The Labute approximate surface area is 125 Å². The summed E-state index contributed by atoms with van der Waals surface area (Å²) >= 11 is 0. The first-order valence-electron chi connectivity index (χ1n) is 7.00. The van der Waals surface area contributed by atoms with E-state index in [0.717, 1.165) is 0 Å². The third-order valence-electron chi connectivity index (χ3n) is 3.78. The van der Waals surface area contributed by atoms with Crippen molar-refractivity contribution in [3.05, 3.63) is 35.4 Å². The van der Waals surface area contributed by atoms with Crippen molar-refractivity contribution in [2.24, 2.45) is 5.92 Å². The number of sulfone groups is 1. The molecule has 1 amide bonds. The maximum atomic E-state index is 12.4. The topological polar surface area (TPSA) is 74.7 Å². The molecule has 116 valence electrons. The van der Waals surface area contributed by atoms with Gasteiger partial charge in [0.05, 0.1) is 11.9 Å². The number of carbonyl (C=O) groups is 1. The molecule has 0 aromatic heterocycles. The van der Waals surface area contributed by atoms with Crippen LogP contribution in [0.5, 0.6) is 0 Å². The second-order valence-corrected chi connectivity index (χ2v) is 7.99. The fraction of sp³-hybridized carbons (Fsp3) is 0.533. The molecule has 0 spiro atoms. The molecule has 1 aromatic rings. The number of piperidine rings is 1. The fourth-order valence-corrected chi connectivity index (χ4v) is 3.34. The summed E-state index contributed by atoms with van der Waals surface area (Å²) < 4.78 is 22.5. The molecule has 0 aliphatic carbocycles. The lowest BCUT2D eigenvalue weighted by molar-refractivity contribution is 0.0297. The highest BCUT2D eigenvalue weighted by molar-refractivity contribution is 7.89. The van der Waals surface area contributed by atoms with Gasteiger partial charge in [-0.3, -0.25) is 4.79 Å². The summed E-state index contributed by atoms with van der Waals surface area (Å²) in [5.41, 5.74) is 1.23. The number of nitrogens with zero attached hydrogens (tertiary/aromatic N) is 1. The molecule has 1 aliphatic heterocycles. The smallest absolute Gasteiger partial charge is 0.253 e. The highest BCUT2D eigenvalue weighted by Crippen LogP contribution is 2.19. The van der Waals surface area contributed by atoms with Gasteiger partial charge >= 0.3 is 0 Å². The molecule has 1 N–H and O–H groups in total. The molecular weight excluding hydrogens is 290 g/mol. The molecule has 2 atom stereocenters. The Morgan fingerprint density at radius 2 is 1.95 bits per heavy atom. The standard InChI is InChI=1S/C15H21NO4S/c1-11-9-16(8-7-14(11)17)15(18)13-5-3-12(4-6-13)10-21(2,19)20/h3-6,11,14,17H,7-10H2,1-2H3. The Kier molecular flexibility index (Phi) is 4.68. The molecule has 0 bridgehead atoms. The molecule has 2 rings (SSSR count). The number of aliphatic hydroxyl groups excluding tert-OH is 1. The van der Waals surface area contributed by atoms with Gasteiger partial charge in [0.1, 0.15) is 0 Å². The molecule has 6 heteroatoms. The lowest BCUT2D eigenvalue weighted by Gasteiger charge is -2.34. The predicted octanol–water partition coefficient (Wildman–Crippen LogP) is 1.07. The Hall–Kier alpha value is -1.40. The highest BCUT2D eigenvalue weighted by atomic mass is 32.2. The van der Waals surface area contributed by atoms with Crippen molar-refractivity contribution in [1.82, 2.24) is 4.90 Å². The molecule has 1 heterocycles. The van der Waals surface area contributed by atoms with Gasteiger partial charge in [-0.2, -0.15) is 0 Å². The third kappa shape index (κ3) is 4.28. The number of likely N-dealkylation sites (tertiary alicyclic amines) is 1. The zero-order valence-corrected chi connectivity index (χ0v) is 13.1. The van der Waals surface area contributed by atoms with E-state index in [1.54, 1.807) is 29.2 Å². The third-order valence-corrected chi connectivity index (χ3v) is 4.63. The number of hydrogen-bond donors (Lipinski definition) is 1. The van der Waals surface area contributed by atoms with E-state index in [9.17, 15) is 18.3 Å². The van der Waals surface area contributed by atoms with E-state index >= 15 is 0 Å². The number of rotatable bonds is 3. The zero-order valence-electron chi connectivity index (χ0n) is 12.3. The van der Waals surface area contributed by atoms with E-state index in [4.69, 9.17) is 0 Å². The molecule has 21 heavy (non-hydrogen) atoms. The summed E-state index contributed by atoms with van der Waals surface area (Å²) in [5.74, 6) is -0.0131. The van der Waals surface area contributed by atoms with Crippen LogP contribution in [0.25, 0.3) is 0 Å². The van der Waals surface area contributed by atoms with Crippen molar-refractivity contribution >= 4 is 15.7 Å². The Balaban J connectivity index is 2.06. The highest BCUT2D eigenvalue weighted by Gasteiger charge is 2.27. The molecule has 1 aliphatic rings. The van der Waals surface area contributed by atoms with Crippen molar-refractivity contribution < 1.29 is 18.3 Å². The van der Waals surface area contributed by atoms with Crippen molar-refractivity contribution in [3.63, 3.8) is 0 Å². The lowest BCUT2D eigenvalue weighted by Crippen LogP contribution is -2.44. The van der Waals surface area contributed by atoms with Gasteiger partial charge < -0.3 is 10.0 Å². The van der Waals surface area contributed by atoms with Crippen molar-refractivity contribution in [2.45, 2.75) is 25.2 Å². The van der Waals surface area contributed by atoms with Crippen molar-refractivity contribution in [2.75, 3.05) is 19.3 Å². The maximum absolute atomic E-state index is 12.4. The van der Waals surface area contributed by atoms with Gasteiger partial charge in [-0.1, -0.05) is 19.1 Å². The summed E-state index contributed by atoms with van der Waals surface area (Å²) in [6.45, 7) is 3.03. The Bertz CT molecular complexity index is 609. The van der Waals surface area contributed by atoms with Crippen LogP contribution in [0.1, 0.15) is 29.3 Å². The van der Waals surface area contributed by atoms with E-state index < -0.39 is 9.84 Å². The number of amides is 1. The molecule has 2 unspecified atom stereocenters. The number of carbonyl (C=O) groups excluding carboxylic acids is 1. The zero-order chi connectivity index (χ0) is 15.6. The van der Waals surface area contributed by atoms with Crippen molar-refractivity contribution in [3.8, 4) is 0 Å². The van der Waals surface area contributed by atoms with Crippen LogP contribution in [-0.4, -0.2) is 49.8 Å². The Morgan fingerprint density at radius 1 is 1.33 bits per heavy atom. The van der Waals surface area contributed by atoms with Crippen LogP contribution in [0.15, 0.2) is 24.3 Å². The second-order valence-electron chi connectivity index (χ2n) is 5.85. The van der Waals surface area contributed by atoms with Gasteiger partial charge in [0.25, 0.3) is 5.91 Å². The van der Waals surface area contributed by atoms with E-state index in [1.807, 2.05) is 6.92 Å². The monoisotopic (exact) mass is 311 g/mol. The minimum Gasteiger partial charge on any atom is -0.393 e. The molecule has 1 aromatic carbocycles. The number of aliphatic hydroxyl groups is 1. The van der Waals surface area contributed by atoms with Crippen molar-refractivity contribution in [1.29, 1.82) is 0 Å². The molecule has 5 nitrogen and oxygen atoms in total. The average molecular weight is 311 g/mol. The SMILES string of the molecule is CC1CN(C(=O)c2ccc(CS(C)(=O)=O)cc2)CCC1O. The summed E-state index contributed by atoms with van der Waals surface area (Å²) in [7, 11) is -3.07. The first-order chi connectivity index (χ1) is 9.76. The minimum absolute atomic E-state index is 0.0194. The van der Waals surface area contributed by atoms with Crippen LogP contribution in [0.2, 0.25) is 0 Å². The van der Waals surface area contributed by atoms with Gasteiger partial charge in [0.2, 0.25) is 0 Å². The minimum atomic E-state index is -3.07. The van der Waals surface area contributed by atoms with Crippen LogP contribution in [0.3, 0.4) is 0 Å². The first-order valence-corrected chi connectivity index (χ1v) is 9.06. The normalized spacial score (nSPS) is 23.1. The van der Waals surface area contributed by atoms with E-state index in [0.29, 0.717) is 30.6 Å². The van der Waals surface area contributed by atoms with Crippen LogP contribution < -0.4 is 0 Å². The molecule has 1 saturated heterocycles. The summed E-state index contributed by atoms with van der Waals surface area (Å²) in [6, 6.07) is 6.68. The number of benzene rings is 1. The maximum Gasteiger partial charge on any atom is 0.253 e. The van der Waals surface area contributed by atoms with Crippen LogP contribution in [0.4, 0.5) is 0 Å². The van der Waals surface area contributed by atoms with Gasteiger partial charge in [-0.05, 0) is 30.0 Å². The fourth-order valence-electron chi connectivity index (χ4n) is 2.55. The molecule has 1 fully saturated rings. The predicted molar refractivity (Wildman–Crippen MR) is 80.7 cm³/mol. The van der Waals surface area contributed by atoms with Crippen LogP contribution in [0, 0.1) is 5.92 Å². The summed E-state index contributed by atoms with van der Waals surface area (Å²) in [6.07, 6.45) is 1.44. The quantitative estimate of drug-likeness (QED) is 0.906. The van der Waals surface area contributed by atoms with E-state index in [2.05, 4.69) is 0 Å². The second kappa shape index (κ2) is 6.15. The van der Waals surface area contributed by atoms with Gasteiger partial charge in [-0.15, -0.1) is 0 Å². The molecular formula is C15H21NO4S. The first kappa shape index (κ1) is 16.0. The van der Waals surface area contributed by atoms with Gasteiger partial charge in [0, 0.05) is 24.9 Å².